The minimum absolute atomic E-state index is 0.473. The molecule has 1 saturated carbocycles. The summed E-state index contributed by atoms with van der Waals surface area (Å²) in [5.74, 6) is 0. The summed E-state index contributed by atoms with van der Waals surface area (Å²) in [6, 6.07) is 1.63. The van der Waals surface area contributed by atoms with Crippen LogP contribution in [0.5, 0.6) is 0 Å². The lowest BCUT2D eigenvalue weighted by Crippen LogP contribution is -2.48. The Balaban J connectivity index is 1.85. The molecule has 0 unspecified atom stereocenters. The Labute approximate surface area is 126 Å². The SMILES string of the molecule is CCC(CC)(CNC1CC1)CN(C)C1CCN(C)CC1. The predicted octanol–water partition coefficient (Wildman–Crippen LogP) is 2.57. The third kappa shape index (κ3) is 4.44. The molecule has 0 aromatic rings. The van der Waals surface area contributed by atoms with Crippen LogP contribution in [0.4, 0.5) is 0 Å². The molecule has 0 spiro atoms. The molecule has 1 N–H and O–H groups in total. The average Bonchev–Trinajstić information content (AvgIpc) is 3.28. The van der Waals surface area contributed by atoms with Crippen molar-refractivity contribution in [2.75, 3.05) is 40.3 Å². The van der Waals surface area contributed by atoms with Crippen molar-refractivity contribution in [2.24, 2.45) is 5.41 Å². The minimum atomic E-state index is 0.473. The first-order valence-electron chi connectivity index (χ1n) is 8.70. The lowest BCUT2D eigenvalue weighted by molar-refractivity contribution is 0.0858. The first kappa shape index (κ1) is 16.3. The summed E-state index contributed by atoms with van der Waals surface area (Å²) in [6.45, 7) is 9.75. The molecule has 0 bridgehead atoms. The Hall–Kier alpha value is -0.120. The van der Waals surface area contributed by atoms with Gasteiger partial charge >= 0.3 is 0 Å². The van der Waals surface area contributed by atoms with E-state index in [2.05, 4.69) is 43.1 Å². The number of hydrogen-bond acceptors (Lipinski definition) is 3. The van der Waals surface area contributed by atoms with Crippen LogP contribution in [0.3, 0.4) is 0 Å². The van der Waals surface area contributed by atoms with Crippen LogP contribution in [0, 0.1) is 5.41 Å². The highest BCUT2D eigenvalue weighted by Crippen LogP contribution is 2.30. The monoisotopic (exact) mass is 281 g/mol. The first-order valence-corrected chi connectivity index (χ1v) is 8.70. The van der Waals surface area contributed by atoms with E-state index in [0.717, 1.165) is 12.1 Å². The lowest BCUT2D eigenvalue weighted by atomic mass is 9.81. The molecule has 1 aliphatic carbocycles. The Bertz CT molecular complexity index is 276. The van der Waals surface area contributed by atoms with E-state index in [-0.39, 0.29) is 0 Å². The largest absolute Gasteiger partial charge is 0.313 e. The van der Waals surface area contributed by atoms with E-state index in [0.29, 0.717) is 5.41 Å². The third-order valence-electron chi connectivity index (χ3n) is 5.74. The summed E-state index contributed by atoms with van der Waals surface area (Å²) < 4.78 is 0. The molecule has 2 aliphatic rings. The second-order valence-electron chi connectivity index (χ2n) is 7.31. The van der Waals surface area contributed by atoms with Crippen molar-refractivity contribution in [2.45, 2.75) is 64.5 Å². The Kier molecular flexibility index (Phi) is 5.88. The first-order chi connectivity index (χ1) is 9.58. The van der Waals surface area contributed by atoms with Crippen molar-refractivity contribution in [3.63, 3.8) is 0 Å². The fourth-order valence-electron chi connectivity index (χ4n) is 3.52. The van der Waals surface area contributed by atoms with E-state index in [1.54, 1.807) is 0 Å². The zero-order valence-corrected chi connectivity index (χ0v) is 14.1. The molecule has 2 fully saturated rings. The fraction of sp³-hybridized carbons (Fsp3) is 1.00. The molecule has 1 saturated heterocycles. The minimum Gasteiger partial charge on any atom is -0.313 e. The van der Waals surface area contributed by atoms with Crippen molar-refractivity contribution in [1.29, 1.82) is 0 Å². The Morgan fingerprint density at radius 1 is 1.10 bits per heavy atom. The van der Waals surface area contributed by atoms with Crippen LogP contribution in [0.25, 0.3) is 0 Å². The molecule has 0 radical (unpaired) electrons. The summed E-state index contributed by atoms with van der Waals surface area (Å²) >= 11 is 0. The number of piperidine rings is 1. The van der Waals surface area contributed by atoms with Crippen LogP contribution in [0.1, 0.15) is 52.4 Å². The van der Waals surface area contributed by atoms with Gasteiger partial charge in [-0.15, -0.1) is 0 Å². The standard InChI is InChI=1S/C17H35N3/c1-5-17(6-2,13-18-15-7-8-15)14-20(4)16-9-11-19(3)12-10-16/h15-16,18H,5-14H2,1-4H3. The van der Waals surface area contributed by atoms with Gasteiger partial charge in [0.25, 0.3) is 0 Å². The van der Waals surface area contributed by atoms with Crippen molar-refractivity contribution in [3.8, 4) is 0 Å². The van der Waals surface area contributed by atoms with Crippen LogP contribution in [-0.2, 0) is 0 Å². The van der Waals surface area contributed by atoms with Gasteiger partial charge in [-0.2, -0.15) is 0 Å². The second kappa shape index (κ2) is 7.24. The lowest BCUT2D eigenvalue weighted by Gasteiger charge is -2.41. The molecule has 0 amide bonds. The molecule has 0 aromatic carbocycles. The van der Waals surface area contributed by atoms with Gasteiger partial charge in [0.05, 0.1) is 0 Å². The van der Waals surface area contributed by atoms with Crippen molar-refractivity contribution in [1.82, 2.24) is 15.1 Å². The fourth-order valence-corrected chi connectivity index (χ4v) is 3.52. The molecule has 1 aliphatic heterocycles. The van der Waals surface area contributed by atoms with Gasteiger partial charge in [-0.1, -0.05) is 13.8 Å². The molecule has 3 heteroatoms. The molecule has 2 rings (SSSR count). The summed E-state index contributed by atoms with van der Waals surface area (Å²) in [7, 11) is 4.60. The topological polar surface area (TPSA) is 18.5 Å². The molecular formula is C17H35N3. The van der Waals surface area contributed by atoms with Crippen LogP contribution in [-0.4, -0.2) is 62.2 Å². The van der Waals surface area contributed by atoms with E-state index in [1.165, 1.54) is 64.7 Å². The van der Waals surface area contributed by atoms with Crippen LogP contribution >= 0.6 is 0 Å². The zero-order valence-electron chi connectivity index (χ0n) is 14.1. The molecule has 118 valence electrons. The van der Waals surface area contributed by atoms with Crippen molar-refractivity contribution >= 4 is 0 Å². The van der Waals surface area contributed by atoms with Gasteiger partial charge < -0.3 is 15.1 Å². The molecule has 0 atom stereocenters. The third-order valence-corrected chi connectivity index (χ3v) is 5.74. The van der Waals surface area contributed by atoms with E-state index in [9.17, 15) is 0 Å². The summed E-state index contributed by atoms with van der Waals surface area (Å²) in [5.41, 5.74) is 0.473. The maximum absolute atomic E-state index is 3.78. The predicted molar refractivity (Wildman–Crippen MR) is 87.2 cm³/mol. The maximum Gasteiger partial charge on any atom is 0.0117 e. The van der Waals surface area contributed by atoms with Crippen molar-refractivity contribution < 1.29 is 0 Å². The number of nitrogens with zero attached hydrogens (tertiary/aromatic N) is 2. The van der Waals surface area contributed by atoms with E-state index >= 15 is 0 Å². The summed E-state index contributed by atoms with van der Waals surface area (Å²) in [4.78, 5) is 5.13. The van der Waals surface area contributed by atoms with Gasteiger partial charge in [-0.05, 0) is 71.1 Å². The number of likely N-dealkylation sites (tertiary alicyclic amines) is 1. The molecular weight excluding hydrogens is 246 g/mol. The average molecular weight is 281 g/mol. The molecule has 0 aromatic heterocycles. The number of rotatable bonds is 8. The van der Waals surface area contributed by atoms with Gasteiger partial charge in [-0.25, -0.2) is 0 Å². The van der Waals surface area contributed by atoms with Gasteiger partial charge in [0.2, 0.25) is 0 Å². The number of nitrogens with one attached hydrogen (secondary N) is 1. The Morgan fingerprint density at radius 3 is 2.20 bits per heavy atom. The van der Waals surface area contributed by atoms with Gasteiger partial charge in [0.15, 0.2) is 0 Å². The highest BCUT2D eigenvalue weighted by molar-refractivity contribution is 4.89. The molecule has 20 heavy (non-hydrogen) atoms. The van der Waals surface area contributed by atoms with E-state index < -0.39 is 0 Å². The summed E-state index contributed by atoms with van der Waals surface area (Å²) in [5, 5.41) is 3.78. The van der Waals surface area contributed by atoms with Gasteiger partial charge in [0, 0.05) is 25.2 Å². The normalized spacial score (nSPS) is 22.6. The van der Waals surface area contributed by atoms with E-state index in [4.69, 9.17) is 0 Å². The number of hydrogen-bond donors (Lipinski definition) is 1. The van der Waals surface area contributed by atoms with E-state index in [1.807, 2.05) is 0 Å². The Morgan fingerprint density at radius 2 is 1.70 bits per heavy atom. The summed E-state index contributed by atoms with van der Waals surface area (Å²) in [6.07, 6.45) is 8.06. The second-order valence-corrected chi connectivity index (χ2v) is 7.31. The van der Waals surface area contributed by atoms with Gasteiger partial charge in [0.1, 0.15) is 0 Å². The highest BCUT2D eigenvalue weighted by Gasteiger charge is 2.33. The van der Waals surface area contributed by atoms with Crippen molar-refractivity contribution in [3.05, 3.63) is 0 Å². The van der Waals surface area contributed by atoms with Gasteiger partial charge in [-0.3, -0.25) is 0 Å². The molecule has 1 heterocycles. The zero-order chi connectivity index (χ0) is 14.6. The van der Waals surface area contributed by atoms with Crippen LogP contribution < -0.4 is 5.32 Å². The molecule has 3 nitrogen and oxygen atoms in total. The quantitative estimate of drug-likeness (QED) is 0.738. The van der Waals surface area contributed by atoms with Crippen LogP contribution in [0.2, 0.25) is 0 Å². The van der Waals surface area contributed by atoms with Crippen LogP contribution in [0.15, 0.2) is 0 Å². The smallest absolute Gasteiger partial charge is 0.0117 e. The highest BCUT2D eigenvalue weighted by atomic mass is 15.2. The maximum atomic E-state index is 3.78.